The number of halogens is 1. The van der Waals surface area contributed by atoms with Crippen LogP contribution >= 0.6 is 15.9 Å². The van der Waals surface area contributed by atoms with Crippen LogP contribution < -0.4 is 10.6 Å². The van der Waals surface area contributed by atoms with Gasteiger partial charge in [0.1, 0.15) is 5.60 Å². The average Bonchev–Trinajstić information content (AvgIpc) is 3.03. The zero-order chi connectivity index (χ0) is 20.0. The first-order valence-electron chi connectivity index (χ1n) is 8.92. The summed E-state index contributed by atoms with van der Waals surface area (Å²) in [5.41, 5.74) is -0.600. The van der Waals surface area contributed by atoms with Crippen molar-refractivity contribution in [1.82, 2.24) is 15.5 Å². The van der Waals surface area contributed by atoms with E-state index < -0.39 is 11.7 Å². The SMILES string of the molecule is CC(C)(C)OC(=O)NCC(=O)NCC1CCN(C(=O)c2ccc(Br)o2)CC1. The maximum atomic E-state index is 12.3. The Morgan fingerprint density at radius 1 is 1.22 bits per heavy atom. The van der Waals surface area contributed by atoms with Crippen LogP contribution in [-0.2, 0) is 9.53 Å². The zero-order valence-corrected chi connectivity index (χ0v) is 17.4. The number of hydrogen-bond donors (Lipinski definition) is 2. The van der Waals surface area contributed by atoms with Crippen molar-refractivity contribution in [2.24, 2.45) is 5.92 Å². The minimum Gasteiger partial charge on any atom is -0.444 e. The highest BCUT2D eigenvalue weighted by atomic mass is 79.9. The van der Waals surface area contributed by atoms with E-state index >= 15 is 0 Å². The van der Waals surface area contributed by atoms with Crippen molar-refractivity contribution in [1.29, 1.82) is 0 Å². The van der Waals surface area contributed by atoms with E-state index in [1.165, 1.54) is 0 Å². The predicted molar refractivity (Wildman–Crippen MR) is 102 cm³/mol. The fraction of sp³-hybridized carbons (Fsp3) is 0.611. The minimum atomic E-state index is -0.617. The lowest BCUT2D eigenvalue weighted by Gasteiger charge is -2.31. The van der Waals surface area contributed by atoms with Crippen molar-refractivity contribution in [3.05, 3.63) is 22.6 Å². The van der Waals surface area contributed by atoms with Gasteiger partial charge in [0.05, 0.1) is 6.54 Å². The first-order valence-corrected chi connectivity index (χ1v) is 9.71. The van der Waals surface area contributed by atoms with E-state index in [1.807, 2.05) is 0 Å². The summed E-state index contributed by atoms with van der Waals surface area (Å²) in [5, 5.41) is 5.24. The molecule has 0 atom stereocenters. The molecule has 1 saturated heterocycles. The van der Waals surface area contributed by atoms with Crippen LogP contribution in [0.3, 0.4) is 0 Å². The Hall–Kier alpha value is -2.03. The molecule has 3 amide bonds. The van der Waals surface area contributed by atoms with E-state index in [0.717, 1.165) is 12.8 Å². The van der Waals surface area contributed by atoms with Crippen LogP contribution in [0.2, 0.25) is 0 Å². The second-order valence-corrected chi connectivity index (χ2v) is 8.28. The van der Waals surface area contributed by atoms with Gasteiger partial charge in [-0.1, -0.05) is 0 Å². The van der Waals surface area contributed by atoms with Gasteiger partial charge in [0.2, 0.25) is 5.91 Å². The Morgan fingerprint density at radius 2 is 1.89 bits per heavy atom. The molecule has 8 nitrogen and oxygen atoms in total. The number of carbonyl (C=O) groups excluding carboxylic acids is 3. The largest absolute Gasteiger partial charge is 0.444 e. The van der Waals surface area contributed by atoms with Gasteiger partial charge in [-0.25, -0.2) is 4.79 Å². The molecule has 1 aromatic rings. The molecule has 1 aliphatic rings. The van der Waals surface area contributed by atoms with Gasteiger partial charge in [0, 0.05) is 19.6 Å². The maximum Gasteiger partial charge on any atom is 0.408 e. The van der Waals surface area contributed by atoms with Gasteiger partial charge in [0.15, 0.2) is 10.4 Å². The van der Waals surface area contributed by atoms with Gasteiger partial charge in [-0.05, 0) is 67.6 Å². The fourth-order valence-corrected chi connectivity index (χ4v) is 3.02. The number of nitrogens with zero attached hydrogens (tertiary/aromatic N) is 1. The second kappa shape index (κ2) is 9.25. The van der Waals surface area contributed by atoms with Crippen molar-refractivity contribution in [2.75, 3.05) is 26.2 Å². The molecule has 9 heteroatoms. The van der Waals surface area contributed by atoms with E-state index in [4.69, 9.17) is 9.15 Å². The highest BCUT2D eigenvalue weighted by Crippen LogP contribution is 2.21. The molecular weight excluding hydrogens is 418 g/mol. The molecule has 0 bridgehead atoms. The molecule has 1 aliphatic heterocycles. The first kappa shape index (κ1) is 21.3. The molecule has 2 N–H and O–H groups in total. The summed E-state index contributed by atoms with van der Waals surface area (Å²) in [6, 6.07) is 3.34. The van der Waals surface area contributed by atoms with Crippen molar-refractivity contribution < 1.29 is 23.5 Å². The first-order chi connectivity index (χ1) is 12.6. The summed E-state index contributed by atoms with van der Waals surface area (Å²) < 4.78 is 10.9. The van der Waals surface area contributed by atoms with E-state index in [0.29, 0.717) is 36.0 Å². The standard InChI is InChI=1S/C18H26BrN3O5/c1-18(2,3)27-17(25)21-11-15(23)20-10-12-6-8-22(9-7-12)16(24)13-4-5-14(19)26-13/h4-5,12H,6-11H2,1-3H3,(H,20,23)(H,21,25). The van der Waals surface area contributed by atoms with Crippen LogP contribution in [0.5, 0.6) is 0 Å². The molecule has 1 aromatic heterocycles. The number of carbonyl (C=O) groups is 3. The van der Waals surface area contributed by atoms with Crippen LogP contribution in [0.15, 0.2) is 21.2 Å². The topological polar surface area (TPSA) is 101 Å². The Balaban J connectivity index is 1.65. The average molecular weight is 444 g/mol. The lowest BCUT2D eigenvalue weighted by Crippen LogP contribution is -2.44. The Morgan fingerprint density at radius 3 is 2.44 bits per heavy atom. The number of piperidine rings is 1. The van der Waals surface area contributed by atoms with Gasteiger partial charge in [-0.15, -0.1) is 0 Å². The Labute approximate surface area is 167 Å². The summed E-state index contributed by atoms with van der Waals surface area (Å²) in [4.78, 5) is 37.5. The number of amides is 3. The predicted octanol–water partition coefficient (Wildman–Crippen LogP) is 2.54. The monoisotopic (exact) mass is 443 g/mol. The lowest BCUT2D eigenvalue weighted by molar-refractivity contribution is -0.120. The van der Waals surface area contributed by atoms with Crippen molar-refractivity contribution >= 4 is 33.8 Å². The summed E-state index contributed by atoms with van der Waals surface area (Å²) in [7, 11) is 0. The smallest absolute Gasteiger partial charge is 0.408 e. The molecule has 0 unspecified atom stereocenters. The van der Waals surface area contributed by atoms with Crippen LogP contribution in [0.4, 0.5) is 4.79 Å². The molecule has 2 heterocycles. The highest BCUT2D eigenvalue weighted by Gasteiger charge is 2.25. The van der Waals surface area contributed by atoms with E-state index in [-0.39, 0.29) is 18.4 Å². The normalized spacial score (nSPS) is 15.3. The molecule has 0 aliphatic carbocycles. The van der Waals surface area contributed by atoms with Crippen LogP contribution in [-0.4, -0.2) is 54.6 Å². The molecule has 0 aromatic carbocycles. The number of rotatable bonds is 5. The number of furan rings is 1. The van der Waals surface area contributed by atoms with E-state index in [1.54, 1.807) is 37.8 Å². The van der Waals surface area contributed by atoms with Gasteiger partial charge >= 0.3 is 6.09 Å². The third kappa shape index (κ3) is 7.24. The Bertz CT molecular complexity index is 675. The number of alkyl carbamates (subject to hydrolysis) is 1. The zero-order valence-electron chi connectivity index (χ0n) is 15.8. The van der Waals surface area contributed by atoms with Crippen molar-refractivity contribution in [3.8, 4) is 0 Å². The molecule has 1 fully saturated rings. The van der Waals surface area contributed by atoms with Gasteiger partial charge in [0.25, 0.3) is 5.91 Å². The number of nitrogens with one attached hydrogen (secondary N) is 2. The number of likely N-dealkylation sites (tertiary alicyclic amines) is 1. The summed E-state index contributed by atoms with van der Waals surface area (Å²) in [6.07, 6.45) is 0.981. The number of ether oxygens (including phenoxy) is 1. The fourth-order valence-electron chi connectivity index (χ4n) is 2.71. The molecule has 0 spiro atoms. The lowest BCUT2D eigenvalue weighted by atomic mass is 9.96. The third-order valence-corrected chi connectivity index (χ3v) is 4.49. The molecule has 0 saturated carbocycles. The Kier molecular flexibility index (Phi) is 7.29. The quantitative estimate of drug-likeness (QED) is 0.727. The molecule has 150 valence electrons. The van der Waals surface area contributed by atoms with Gasteiger partial charge in [-0.3, -0.25) is 9.59 Å². The molecular formula is C18H26BrN3O5. The molecule has 27 heavy (non-hydrogen) atoms. The summed E-state index contributed by atoms with van der Waals surface area (Å²) in [5.74, 6) is 0.231. The summed E-state index contributed by atoms with van der Waals surface area (Å²) in [6.45, 7) is 6.90. The van der Waals surface area contributed by atoms with Crippen LogP contribution in [0, 0.1) is 5.92 Å². The minimum absolute atomic E-state index is 0.121. The van der Waals surface area contributed by atoms with Crippen LogP contribution in [0.25, 0.3) is 0 Å². The second-order valence-electron chi connectivity index (χ2n) is 7.50. The van der Waals surface area contributed by atoms with Crippen molar-refractivity contribution in [3.63, 3.8) is 0 Å². The van der Waals surface area contributed by atoms with Gasteiger partial charge in [-0.2, -0.15) is 0 Å². The molecule has 2 rings (SSSR count). The third-order valence-electron chi connectivity index (χ3n) is 4.07. The highest BCUT2D eigenvalue weighted by molar-refractivity contribution is 9.10. The van der Waals surface area contributed by atoms with Crippen molar-refractivity contribution in [2.45, 2.75) is 39.2 Å². The van der Waals surface area contributed by atoms with E-state index in [2.05, 4.69) is 26.6 Å². The van der Waals surface area contributed by atoms with Crippen LogP contribution in [0.1, 0.15) is 44.2 Å². The summed E-state index contributed by atoms with van der Waals surface area (Å²) >= 11 is 3.19. The van der Waals surface area contributed by atoms with Gasteiger partial charge < -0.3 is 24.7 Å². The molecule has 0 radical (unpaired) electrons. The number of hydrogen-bond acceptors (Lipinski definition) is 5. The van der Waals surface area contributed by atoms with E-state index in [9.17, 15) is 14.4 Å². The maximum absolute atomic E-state index is 12.3.